The predicted molar refractivity (Wildman–Crippen MR) is 62.0 cm³/mol. The van der Waals surface area contributed by atoms with Gasteiger partial charge in [-0.1, -0.05) is 13.5 Å². The molecule has 0 unspecified atom stereocenters. The van der Waals surface area contributed by atoms with E-state index in [2.05, 4.69) is 34.6 Å². The second-order valence-electron chi connectivity index (χ2n) is 4.22. The van der Waals surface area contributed by atoms with E-state index in [0.29, 0.717) is 5.57 Å². The van der Waals surface area contributed by atoms with Crippen molar-refractivity contribution >= 4 is 17.7 Å². The molecular weight excluding hydrogens is 200 g/mol. The molecule has 0 bridgehead atoms. The molecule has 0 aliphatic rings. The molecule has 1 amide bonds. The summed E-state index contributed by atoms with van der Waals surface area (Å²) in [7, 11) is 6.64. The zero-order valence-corrected chi connectivity index (χ0v) is 10.6. The molecule has 0 fully saturated rings. The Morgan fingerprint density at radius 3 is 1.86 bits per heavy atom. The van der Waals surface area contributed by atoms with Gasteiger partial charge in [-0.3, -0.25) is 9.63 Å². The number of hydrogen-bond acceptors (Lipinski definition) is 1. The minimum Gasteiger partial charge on any atom is -0.331 e. The molecule has 0 heterocycles. The number of quaternary nitrogens is 1. The Morgan fingerprint density at radius 2 is 1.86 bits per heavy atom. The van der Waals surface area contributed by atoms with Crippen LogP contribution >= 0.6 is 11.8 Å². The van der Waals surface area contributed by atoms with Crippen LogP contribution in [0.15, 0.2) is 12.2 Å². The molecule has 0 aromatic rings. The van der Waals surface area contributed by atoms with Crippen LogP contribution in [0.2, 0.25) is 0 Å². The monoisotopic (exact) mass is 221 g/mol. The Balaban J connectivity index is 0. The summed E-state index contributed by atoms with van der Waals surface area (Å²) in [5.41, 5.74) is 0.412. The molecule has 1 N–H and O–H groups in total. The van der Waals surface area contributed by atoms with E-state index in [1.807, 2.05) is 4.84 Å². The topological polar surface area (TPSA) is 29.1 Å². The Labute approximate surface area is 92.4 Å². The summed E-state index contributed by atoms with van der Waals surface area (Å²) >= 11 is 4.89. The van der Waals surface area contributed by atoms with Crippen LogP contribution in [0.4, 0.5) is 0 Å². The third-order valence-electron chi connectivity index (χ3n) is 1.37. The number of nitrogens with one attached hydrogen (secondary N) is 1. The van der Waals surface area contributed by atoms with E-state index in [1.54, 1.807) is 6.92 Å². The maximum absolute atomic E-state index is 10.2. The van der Waals surface area contributed by atoms with Crippen molar-refractivity contribution in [3.63, 3.8) is 0 Å². The van der Waals surface area contributed by atoms with Crippen LogP contribution in [0.25, 0.3) is 0 Å². The summed E-state index contributed by atoms with van der Waals surface area (Å²) < 4.78 is 1.09. The highest BCUT2D eigenvalue weighted by Crippen LogP contribution is 1.90. The van der Waals surface area contributed by atoms with Crippen LogP contribution in [-0.2, 0) is 4.79 Å². The van der Waals surface area contributed by atoms with Gasteiger partial charge in [0.05, 0.1) is 27.7 Å². The van der Waals surface area contributed by atoms with Crippen molar-refractivity contribution in [2.75, 3.05) is 27.7 Å². The Hall–Kier alpha value is -0.540. The van der Waals surface area contributed by atoms with Gasteiger partial charge in [0.2, 0.25) is 0 Å². The van der Waals surface area contributed by atoms with Crippen LogP contribution in [-0.4, -0.2) is 38.1 Å². The van der Waals surface area contributed by atoms with E-state index in [1.165, 1.54) is 13.0 Å². The first-order chi connectivity index (χ1) is 6.24. The van der Waals surface area contributed by atoms with E-state index >= 15 is 0 Å². The molecule has 0 aromatic heterocycles. The standard InChI is InChI=1S/C6H16N.C4H6ClNO/c1-5-6-7(2,3)4;1-3(2)4(7)6-5/h5-6H2,1-4H3;1H2,2H3,(H,6,7)/q+1;. The van der Waals surface area contributed by atoms with Crippen molar-refractivity contribution in [1.29, 1.82) is 0 Å². The minimum atomic E-state index is -0.332. The normalized spacial score (nSPS) is 9.86. The first kappa shape index (κ1) is 15.9. The van der Waals surface area contributed by atoms with Crippen LogP contribution in [0, 0.1) is 0 Å². The molecule has 0 atom stereocenters. The van der Waals surface area contributed by atoms with Gasteiger partial charge in [0.1, 0.15) is 0 Å². The molecule has 3 nitrogen and oxygen atoms in total. The van der Waals surface area contributed by atoms with E-state index < -0.39 is 0 Å². The number of carbonyl (C=O) groups is 1. The Morgan fingerprint density at radius 1 is 1.43 bits per heavy atom. The van der Waals surface area contributed by atoms with Gasteiger partial charge in [0, 0.05) is 17.3 Å². The average molecular weight is 222 g/mol. The van der Waals surface area contributed by atoms with Crippen LogP contribution in [0.1, 0.15) is 20.3 Å². The molecular formula is C10H22ClN2O+. The lowest BCUT2D eigenvalue weighted by Gasteiger charge is -2.22. The quantitative estimate of drug-likeness (QED) is 0.441. The third-order valence-corrected chi connectivity index (χ3v) is 1.54. The van der Waals surface area contributed by atoms with Crippen LogP contribution in [0.3, 0.4) is 0 Å². The van der Waals surface area contributed by atoms with Crippen molar-refractivity contribution in [2.45, 2.75) is 20.3 Å². The molecule has 0 aliphatic carbocycles. The van der Waals surface area contributed by atoms with Gasteiger partial charge in [-0.15, -0.1) is 0 Å². The molecule has 14 heavy (non-hydrogen) atoms. The number of nitrogens with zero attached hydrogens (tertiary/aromatic N) is 1. The maximum atomic E-state index is 10.2. The average Bonchev–Trinajstić information content (AvgIpc) is 2.01. The maximum Gasteiger partial charge on any atom is 0.260 e. The first-order valence-corrected chi connectivity index (χ1v) is 4.99. The number of carbonyl (C=O) groups excluding carboxylic acids is 1. The van der Waals surface area contributed by atoms with Crippen molar-refractivity contribution in [3.05, 3.63) is 12.2 Å². The van der Waals surface area contributed by atoms with Gasteiger partial charge in [-0.05, 0) is 13.3 Å². The molecule has 0 radical (unpaired) electrons. The Kier molecular flexibility index (Phi) is 8.89. The zero-order chi connectivity index (χ0) is 11.8. The van der Waals surface area contributed by atoms with Gasteiger partial charge in [0.25, 0.3) is 5.91 Å². The summed E-state index contributed by atoms with van der Waals surface area (Å²) in [6.45, 7) is 8.40. The summed E-state index contributed by atoms with van der Waals surface area (Å²) in [5, 5.41) is 0. The number of halogens is 1. The lowest BCUT2D eigenvalue weighted by molar-refractivity contribution is -0.870. The van der Waals surface area contributed by atoms with Crippen molar-refractivity contribution < 1.29 is 9.28 Å². The zero-order valence-electron chi connectivity index (χ0n) is 9.85. The number of rotatable bonds is 3. The molecule has 0 saturated heterocycles. The van der Waals surface area contributed by atoms with Gasteiger partial charge < -0.3 is 4.48 Å². The largest absolute Gasteiger partial charge is 0.331 e. The number of hydrogen-bond donors (Lipinski definition) is 1. The smallest absolute Gasteiger partial charge is 0.260 e. The molecule has 0 aromatic carbocycles. The van der Waals surface area contributed by atoms with Crippen LogP contribution < -0.4 is 4.84 Å². The SMILES string of the molecule is C=C(C)C(=O)NCl.CCC[N+](C)(C)C. The van der Waals surface area contributed by atoms with Gasteiger partial charge in [0.15, 0.2) is 0 Å². The molecule has 84 valence electrons. The van der Waals surface area contributed by atoms with E-state index in [0.717, 1.165) is 4.48 Å². The lowest BCUT2D eigenvalue weighted by Crippen LogP contribution is -2.34. The molecule has 4 heteroatoms. The molecule has 0 rings (SSSR count). The van der Waals surface area contributed by atoms with E-state index in [9.17, 15) is 4.79 Å². The lowest BCUT2D eigenvalue weighted by atomic mass is 10.3. The molecule has 0 saturated carbocycles. The second kappa shape index (κ2) is 7.83. The summed E-state index contributed by atoms with van der Waals surface area (Å²) in [6, 6.07) is 0. The highest BCUT2D eigenvalue weighted by atomic mass is 35.5. The van der Waals surface area contributed by atoms with Gasteiger partial charge >= 0.3 is 0 Å². The minimum absolute atomic E-state index is 0.332. The third kappa shape index (κ3) is 14.0. The molecule has 0 aliphatic heterocycles. The fraction of sp³-hybridized carbons (Fsp3) is 0.700. The van der Waals surface area contributed by atoms with E-state index in [4.69, 9.17) is 11.8 Å². The van der Waals surface area contributed by atoms with Crippen molar-refractivity contribution in [1.82, 2.24) is 4.84 Å². The first-order valence-electron chi connectivity index (χ1n) is 4.61. The van der Waals surface area contributed by atoms with Gasteiger partial charge in [-0.25, -0.2) is 0 Å². The summed E-state index contributed by atoms with van der Waals surface area (Å²) in [4.78, 5) is 12.1. The highest BCUT2D eigenvalue weighted by molar-refractivity contribution is 6.23. The fourth-order valence-electron chi connectivity index (χ4n) is 0.751. The number of amides is 1. The molecule has 0 spiro atoms. The van der Waals surface area contributed by atoms with Crippen molar-refractivity contribution in [2.24, 2.45) is 0 Å². The predicted octanol–water partition coefficient (Wildman–Crippen LogP) is 1.94. The van der Waals surface area contributed by atoms with E-state index in [-0.39, 0.29) is 5.91 Å². The highest BCUT2D eigenvalue weighted by Gasteiger charge is 2.01. The Bertz CT molecular complexity index is 185. The fourth-order valence-corrected chi connectivity index (χ4v) is 0.913. The summed E-state index contributed by atoms with van der Waals surface area (Å²) in [6.07, 6.45) is 1.28. The summed E-state index contributed by atoms with van der Waals surface area (Å²) in [5.74, 6) is -0.332. The second-order valence-corrected chi connectivity index (χ2v) is 4.41. The van der Waals surface area contributed by atoms with Crippen LogP contribution in [0.5, 0.6) is 0 Å². The van der Waals surface area contributed by atoms with Crippen molar-refractivity contribution in [3.8, 4) is 0 Å². The van der Waals surface area contributed by atoms with Gasteiger partial charge in [-0.2, -0.15) is 0 Å².